The summed E-state index contributed by atoms with van der Waals surface area (Å²) < 4.78 is 11.8. The van der Waals surface area contributed by atoms with Crippen molar-refractivity contribution in [1.29, 1.82) is 0 Å². The van der Waals surface area contributed by atoms with Crippen molar-refractivity contribution < 1.29 is 19.4 Å². The minimum Gasteiger partial charge on any atom is -0.489 e. The van der Waals surface area contributed by atoms with E-state index < -0.39 is 5.97 Å². The summed E-state index contributed by atoms with van der Waals surface area (Å²) in [5.41, 5.74) is 3.81. The van der Waals surface area contributed by atoms with E-state index in [2.05, 4.69) is 4.98 Å². The van der Waals surface area contributed by atoms with E-state index in [0.29, 0.717) is 13.2 Å². The number of pyridine rings is 1. The molecule has 5 heteroatoms. The predicted molar refractivity (Wildman–Crippen MR) is 115 cm³/mol. The number of carboxylic acid groups (broad SMARTS) is 1. The molecule has 4 rings (SSSR count). The van der Waals surface area contributed by atoms with Gasteiger partial charge in [-0.3, -0.25) is 0 Å². The molecule has 0 radical (unpaired) electrons. The average molecular weight is 399 g/mol. The second kappa shape index (κ2) is 8.66. The van der Waals surface area contributed by atoms with Gasteiger partial charge in [0.1, 0.15) is 24.7 Å². The zero-order chi connectivity index (χ0) is 20.9. The Kier molecular flexibility index (Phi) is 5.61. The molecular formula is C25H21NO4. The lowest BCUT2D eigenvalue weighted by Crippen LogP contribution is -2.02. The number of carbonyl (C=O) groups is 1. The maximum Gasteiger partial charge on any atom is 0.335 e. The van der Waals surface area contributed by atoms with Crippen molar-refractivity contribution in [1.82, 2.24) is 4.98 Å². The molecule has 30 heavy (non-hydrogen) atoms. The number of aryl methyl sites for hydroxylation is 1. The summed E-state index contributed by atoms with van der Waals surface area (Å²) in [5, 5.41) is 10.2. The molecule has 0 aliphatic rings. The summed E-state index contributed by atoms with van der Waals surface area (Å²) >= 11 is 0. The number of hydrogen-bond donors (Lipinski definition) is 1. The highest BCUT2D eigenvalue weighted by molar-refractivity contribution is 5.87. The van der Waals surface area contributed by atoms with Crippen LogP contribution in [0.25, 0.3) is 10.9 Å². The van der Waals surface area contributed by atoms with Gasteiger partial charge >= 0.3 is 5.97 Å². The first kappa shape index (κ1) is 19.5. The maximum absolute atomic E-state index is 11.1. The van der Waals surface area contributed by atoms with Gasteiger partial charge in [-0.05, 0) is 60.5 Å². The van der Waals surface area contributed by atoms with Gasteiger partial charge in [-0.2, -0.15) is 0 Å². The van der Waals surface area contributed by atoms with Crippen LogP contribution < -0.4 is 9.47 Å². The van der Waals surface area contributed by atoms with Crippen LogP contribution >= 0.6 is 0 Å². The highest BCUT2D eigenvalue weighted by atomic mass is 16.5. The first-order valence-corrected chi connectivity index (χ1v) is 9.62. The first-order valence-electron chi connectivity index (χ1n) is 9.62. The summed E-state index contributed by atoms with van der Waals surface area (Å²) in [6, 6.07) is 24.4. The molecule has 0 aliphatic carbocycles. The standard InChI is InChI=1S/C25H21NO4/c1-17-13-22(29-16-21-10-9-19-6-2-3-8-23(19)26-21)11-12-24(17)30-15-18-5-4-7-20(14-18)25(27)28/h2-14H,15-16H2,1H3,(H,27,28). The molecule has 150 valence electrons. The molecular weight excluding hydrogens is 378 g/mol. The molecule has 1 aromatic heterocycles. The van der Waals surface area contributed by atoms with Crippen LogP contribution in [0.2, 0.25) is 0 Å². The van der Waals surface area contributed by atoms with E-state index in [-0.39, 0.29) is 5.56 Å². The normalized spacial score (nSPS) is 10.7. The molecule has 4 aromatic rings. The van der Waals surface area contributed by atoms with Crippen molar-refractivity contribution in [3.8, 4) is 11.5 Å². The van der Waals surface area contributed by atoms with Crippen molar-refractivity contribution >= 4 is 16.9 Å². The topological polar surface area (TPSA) is 68.7 Å². The van der Waals surface area contributed by atoms with Gasteiger partial charge in [0.15, 0.2) is 0 Å². The first-order chi connectivity index (χ1) is 14.6. The van der Waals surface area contributed by atoms with Crippen LogP contribution in [-0.2, 0) is 13.2 Å². The Morgan fingerprint density at radius 1 is 0.900 bits per heavy atom. The molecule has 0 fully saturated rings. The number of aromatic carboxylic acids is 1. The zero-order valence-electron chi connectivity index (χ0n) is 16.5. The van der Waals surface area contributed by atoms with E-state index in [0.717, 1.165) is 39.2 Å². The third-order valence-corrected chi connectivity index (χ3v) is 4.76. The molecule has 3 aromatic carbocycles. The molecule has 1 heterocycles. The predicted octanol–water partition coefficient (Wildman–Crippen LogP) is 5.40. The number of hydrogen-bond acceptors (Lipinski definition) is 4. The number of carboxylic acids is 1. The third-order valence-electron chi connectivity index (χ3n) is 4.76. The van der Waals surface area contributed by atoms with Crippen LogP contribution in [0, 0.1) is 6.92 Å². The van der Waals surface area contributed by atoms with Crippen molar-refractivity contribution in [3.63, 3.8) is 0 Å². The number of nitrogens with zero attached hydrogens (tertiary/aromatic N) is 1. The fourth-order valence-electron chi connectivity index (χ4n) is 3.17. The van der Waals surface area contributed by atoms with Gasteiger partial charge in [0.25, 0.3) is 0 Å². The van der Waals surface area contributed by atoms with Crippen LogP contribution in [0.3, 0.4) is 0 Å². The van der Waals surface area contributed by atoms with Crippen LogP contribution in [-0.4, -0.2) is 16.1 Å². The Labute approximate surface area is 174 Å². The van der Waals surface area contributed by atoms with Crippen LogP contribution in [0.4, 0.5) is 0 Å². The van der Waals surface area contributed by atoms with Crippen molar-refractivity contribution in [3.05, 3.63) is 101 Å². The maximum atomic E-state index is 11.1. The largest absolute Gasteiger partial charge is 0.489 e. The zero-order valence-corrected chi connectivity index (χ0v) is 16.5. The van der Waals surface area contributed by atoms with E-state index in [1.165, 1.54) is 0 Å². The Balaban J connectivity index is 1.39. The SMILES string of the molecule is Cc1cc(OCc2ccc3ccccc3n2)ccc1OCc1cccc(C(=O)O)c1. The Bertz CT molecular complexity index is 1200. The quantitative estimate of drug-likeness (QED) is 0.451. The molecule has 0 spiro atoms. The Hall–Kier alpha value is -3.86. The number of rotatable bonds is 7. The van der Waals surface area contributed by atoms with Gasteiger partial charge in [-0.15, -0.1) is 0 Å². The lowest BCUT2D eigenvalue weighted by molar-refractivity contribution is 0.0696. The smallest absolute Gasteiger partial charge is 0.335 e. The van der Waals surface area contributed by atoms with Gasteiger partial charge in [-0.1, -0.05) is 36.4 Å². The second-order valence-electron chi connectivity index (χ2n) is 7.01. The van der Waals surface area contributed by atoms with E-state index in [4.69, 9.17) is 14.6 Å². The highest BCUT2D eigenvalue weighted by Crippen LogP contribution is 2.25. The van der Waals surface area contributed by atoms with E-state index in [1.807, 2.05) is 67.6 Å². The Morgan fingerprint density at radius 2 is 1.77 bits per heavy atom. The van der Waals surface area contributed by atoms with Gasteiger partial charge in [0, 0.05) is 5.39 Å². The van der Waals surface area contributed by atoms with Crippen LogP contribution in [0.15, 0.2) is 78.9 Å². The van der Waals surface area contributed by atoms with Crippen LogP contribution in [0.1, 0.15) is 27.2 Å². The fourth-order valence-corrected chi connectivity index (χ4v) is 3.17. The van der Waals surface area contributed by atoms with Gasteiger partial charge in [0.2, 0.25) is 0 Å². The summed E-state index contributed by atoms with van der Waals surface area (Å²) in [4.78, 5) is 15.7. The summed E-state index contributed by atoms with van der Waals surface area (Å²) in [5.74, 6) is 0.519. The van der Waals surface area contributed by atoms with Crippen LogP contribution in [0.5, 0.6) is 11.5 Å². The molecule has 5 nitrogen and oxygen atoms in total. The lowest BCUT2D eigenvalue weighted by Gasteiger charge is -2.12. The molecule has 1 N–H and O–H groups in total. The van der Waals surface area contributed by atoms with E-state index in [9.17, 15) is 4.79 Å². The molecule has 0 aliphatic heterocycles. The minimum atomic E-state index is -0.949. The van der Waals surface area contributed by atoms with Crippen molar-refractivity contribution in [2.45, 2.75) is 20.1 Å². The van der Waals surface area contributed by atoms with Crippen molar-refractivity contribution in [2.24, 2.45) is 0 Å². The van der Waals surface area contributed by atoms with E-state index in [1.54, 1.807) is 18.2 Å². The molecule has 0 bridgehead atoms. The number of para-hydroxylation sites is 1. The molecule has 0 amide bonds. The molecule has 0 atom stereocenters. The summed E-state index contributed by atoms with van der Waals surface area (Å²) in [6.07, 6.45) is 0. The monoisotopic (exact) mass is 399 g/mol. The number of ether oxygens (including phenoxy) is 2. The van der Waals surface area contributed by atoms with Crippen molar-refractivity contribution in [2.75, 3.05) is 0 Å². The number of fused-ring (bicyclic) bond motifs is 1. The second-order valence-corrected chi connectivity index (χ2v) is 7.01. The Morgan fingerprint density at radius 3 is 2.60 bits per heavy atom. The van der Waals surface area contributed by atoms with Gasteiger partial charge in [0.05, 0.1) is 16.8 Å². The highest BCUT2D eigenvalue weighted by Gasteiger charge is 2.07. The molecule has 0 unspecified atom stereocenters. The van der Waals surface area contributed by atoms with E-state index >= 15 is 0 Å². The summed E-state index contributed by atoms with van der Waals surface area (Å²) in [6.45, 7) is 2.62. The third kappa shape index (κ3) is 4.58. The average Bonchev–Trinajstić information content (AvgIpc) is 2.77. The fraction of sp³-hybridized carbons (Fsp3) is 0.120. The van der Waals surface area contributed by atoms with Gasteiger partial charge in [-0.25, -0.2) is 9.78 Å². The lowest BCUT2D eigenvalue weighted by atomic mass is 10.1. The number of benzene rings is 3. The minimum absolute atomic E-state index is 0.249. The molecule has 0 saturated carbocycles. The van der Waals surface area contributed by atoms with Gasteiger partial charge < -0.3 is 14.6 Å². The summed E-state index contributed by atoms with van der Waals surface area (Å²) in [7, 11) is 0. The molecule has 0 saturated heterocycles. The number of aromatic nitrogens is 1.